The van der Waals surface area contributed by atoms with Crippen molar-refractivity contribution in [1.82, 2.24) is 0 Å². The van der Waals surface area contributed by atoms with Crippen molar-refractivity contribution in [3.63, 3.8) is 0 Å². The summed E-state index contributed by atoms with van der Waals surface area (Å²) < 4.78 is 12.9. The van der Waals surface area contributed by atoms with Crippen LogP contribution in [-0.4, -0.2) is 0 Å². The Bertz CT molecular complexity index is 3180. The first kappa shape index (κ1) is 29.6. The van der Waals surface area contributed by atoms with Crippen molar-refractivity contribution in [3.05, 3.63) is 188 Å². The third kappa shape index (κ3) is 4.75. The summed E-state index contributed by atoms with van der Waals surface area (Å²) in [6, 6.07) is 66.8. The maximum absolute atomic E-state index is 6.53. The van der Waals surface area contributed by atoms with Crippen LogP contribution >= 0.6 is 0 Å². The van der Waals surface area contributed by atoms with Crippen molar-refractivity contribution >= 4 is 82.5 Å². The fraction of sp³-hybridized carbons (Fsp3) is 0. The minimum atomic E-state index is 0.863. The molecule has 11 aromatic rings. The molecule has 0 saturated heterocycles. The number of furan rings is 2. The third-order valence-corrected chi connectivity index (χ3v) is 10.6. The zero-order valence-corrected chi connectivity index (χ0v) is 28.7. The van der Waals surface area contributed by atoms with Crippen molar-refractivity contribution in [2.45, 2.75) is 0 Å². The van der Waals surface area contributed by atoms with E-state index in [-0.39, 0.29) is 0 Å². The van der Waals surface area contributed by atoms with Gasteiger partial charge in [0.25, 0.3) is 0 Å². The standard InChI is InChI=1S/C50H31NO2/c1-2-12-35-30-37(23-22-32(35)10-1)36-13-7-14-39(31-36)51(44-18-9-21-47-49(44)42-16-5-6-19-45(42)52-47)38-27-24-34(25-28-38)40-17-8-20-46-48(40)43-29-26-33-11-3-4-15-41(33)50(43)53-46/h1-31H. The Morgan fingerprint density at radius 3 is 1.89 bits per heavy atom. The summed E-state index contributed by atoms with van der Waals surface area (Å²) in [7, 11) is 0. The normalized spacial score (nSPS) is 11.8. The molecule has 11 rings (SSSR count). The summed E-state index contributed by atoms with van der Waals surface area (Å²) in [6.07, 6.45) is 0. The molecule has 53 heavy (non-hydrogen) atoms. The average molecular weight is 678 g/mol. The molecule has 0 N–H and O–H groups in total. The molecule has 2 aromatic heterocycles. The zero-order chi connectivity index (χ0) is 34.9. The number of anilines is 3. The molecule has 0 amide bonds. The van der Waals surface area contributed by atoms with E-state index in [2.05, 4.69) is 181 Å². The molecule has 0 atom stereocenters. The molecule has 2 heterocycles. The molecule has 0 aliphatic rings. The van der Waals surface area contributed by atoms with Gasteiger partial charge in [0.2, 0.25) is 0 Å². The molecule has 0 radical (unpaired) electrons. The van der Waals surface area contributed by atoms with Crippen molar-refractivity contribution in [2.75, 3.05) is 4.90 Å². The maximum Gasteiger partial charge on any atom is 0.143 e. The first-order valence-electron chi connectivity index (χ1n) is 18.0. The smallest absolute Gasteiger partial charge is 0.143 e. The van der Waals surface area contributed by atoms with Crippen LogP contribution in [0.4, 0.5) is 17.1 Å². The Kier molecular flexibility index (Phi) is 6.55. The molecule has 3 nitrogen and oxygen atoms in total. The van der Waals surface area contributed by atoms with Crippen LogP contribution in [0.5, 0.6) is 0 Å². The first-order chi connectivity index (χ1) is 26.3. The monoisotopic (exact) mass is 677 g/mol. The number of nitrogens with zero attached hydrogens (tertiary/aromatic N) is 1. The highest BCUT2D eigenvalue weighted by Crippen LogP contribution is 2.45. The van der Waals surface area contributed by atoms with E-state index in [9.17, 15) is 0 Å². The van der Waals surface area contributed by atoms with E-state index in [4.69, 9.17) is 8.83 Å². The fourth-order valence-electron chi connectivity index (χ4n) is 8.15. The van der Waals surface area contributed by atoms with Crippen LogP contribution in [0, 0.1) is 0 Å². The van der Waals surface area contributed by atoms with E-state index in [1.807, 2.05) is 12.1 Å². The Hall–Kier alpha value is -7.10. The van der Waals surface area contributed by atoms with Gasteiger partial charge < -0.3 is 13.7 Å². The highest BCUT2D eigenvalue weighted by atomic mass is 16.3. The van der Waals surface area contributed by atoms with Crippen molar-refractivity contribution in [1.29, 1.82) is 0 Å². The Morgan fingerprint density at radius 2 is 1.00 bits per heavy atom. The van der Waals surface area contributed by atoms with Gasteiger partial charge in [-0.2, -0.15) is 0 Å². The van der Waals surface area contributed by atoms with Crippen molar-refractivity contribution in [3.8, 4) is 22.3 Å². The molecular weight excluding hydrogens is 647 g/mol. The highest BCUT2D eigenvalue weighted by molar-refractivity contribution is 6.19. The second-order valence-corrected chi connectivity index (χ2v) is 13.7. The summed E-state index contributed by atoms with van der Waals surface area (Å²) in [6.45, 7) is 0. The number of para-hydroxylation sites is 1. The lowest BCUT2D eigenvalue weighted by Gasteiger charge is -2.27. The number of benzene rings is 9. The molecule has 248 valence electrons. The Labute approximate surface area is 305 Å². The minimum Gasteiger partial charge on any atom is -0.456 e. The van der Waals surface area contributed by atoms with Gasteiger partial charge in [-0.1, -0.05) is 127 Å². The van der Waals surface area contributed by atoms with E-state index in [1.165, 1.54) is 21.7 Å². The summed E-state index contributed by atoms with van der Waals surface area (Å²) in [5.41, 5.74) is 11.4. The fourth-order valence-corrected chi connectivity index (χ4v) is 8.15. The van der Waals surface area contributed by atoms with E-state index >= 15 is 0 Å². The van der Waals surface area contributed by atoms with Gasteiger partial charge in [-0.15, -0.1) is 0 Å². The summed E-state index contributed by atoms with van der Waals surface area (Å²) in [5, 5.41) is 9.22. The largest absolute Gasteiger partial charge is 0.456 e. The second kappa shape index (κ2) is 11.7. The molecule has 0 aliphatic heterocycles. The summed E-state index contributed by atoms with van der Waals surface area (Å²) in [4.78, 5) is 2.36. The van der Waals surface area contributed by atoms with E-state index < -0.39 is 0 Å². The van der Waals surface area contributed by atoms with Gasteiger partial charge in [-0.3, -0.25) is 0 Å². The molecule has 0 fully saturated rings. The van der Waals surface area contributed by atoms with Gasteiger partial charge in [-0.25, -0.2) is 0 Å². The van der Waals surface area contributed by atoms with Crippen LogP contribution in [0.1, 0.15) is 0 Å². The van der Waals surface area contributed by atoms with Gasteiger partial charge in [0.1, 0.15) is 22.3 Å². The number of fused-ring (bicyclic) bond motifs is 9. The molecule has 3 heteroatoms. The highest BCUT2D eigenvalue weighted by Gasteiger charge is 2.21. The van der Waals surface area contributed by atoms with E-state index in [0.29, 0.717) is 0 Å². The molecular formula is C50H31NO2. The predicted octanol–water partition coefficient (Wildman–Crippen LogP) is 14.6. The maximum atomic E-state index is 6.53. The lowest BCUT2D eigenvalue weighted by Crippen LogP contribution is -2.10. The number of hydrogen-bond donors (Lipinski definition) is 0. The molecule has 0 spiro atoms. The predicted molar refractivity (Wildman–Crippen MR) is 222 cm³/mol. The lowest BCUT2D eigenvalue weighted by atomic mass is 9.97. The average Bonchev–Trinajstić information content (AvgIpc) is 3.81. The third-order valence-electron chi connectivity index (χ3n) is 10.6. The van der Waals surface area contributed by atoms with Gasteiger partial charge in [-0.05, 0) is 99.1 Å². The Balaban J connectivity index is 1.09. The van der Waals surface area contributed by atoms with E-state index in [0.717, 1.165) is 83.0 Å². The molecule has 0 unspecified atom stereocenters. The van der Waals surface area contributed by atoms with Crippen molar-refractivity contribution in [2.24, 2.45) is 0 Å². The van der Waals surface area contributed by atoms with Crippen LogP contribution in [-0.2, 0) is 0 Å². The van der Waals surface area contributed by atoms with Crippen LogP contribution in [0.15, 0.2) is 197 Å². The number of rotatable bonds is 5. The lowest BCUT2D eigenvalue weighted by molar-refractivity contribution is 0.669. The minimum absolute atomic E-state index is 0.863. The number of hydrogen-bond acceptors (Lipinski definition) is 3. The molecule has 0 saturated carbocycles. The summed E-state index contributed by atoms with van der Waals surface area (Å²) in [5.74, 6) is 0. The van der Waals surface area contributed by atoms with Crippen LogP contribution < -0.4 is 4.90 Å². The van der Waals surface area contributed by atoms with Gasteiger partial charge in [0.05, 0.1) is 11.1 Å². The van der Waals surface area contributed by atoms with Crippen LogP contribution in [0.25, 0.3) is 87.7 Å². The van der Waals surface area contributed by atoms with E-state index in [1.54, 1.807) is 0 Å². The SMILES string of the molecule is c1cc(-c2ccc3ccccc3c2)cc(N(c2ccc(-c3cccc4oc5c6ccccc6ccc5c34)cc2)c2cccc3oc4ccccc4c23)c1. The first-order valence-corrected chi connectivity index (χ1v) is 18.0. The van der Waals surface area contributed by atoms with Crippen LogP contribution in [0.2, 0.25) is 0 Å². The molecule has 0 aliphatic carbocycles. The van der Waals surface area contributed by atoms with Crippen LogP contribution in [0.3, 0.4) is 0 Å². The topological polar surface area (TPSA) is 29.5 Å². The van der Waals surface area contributed by atoms with Gasteiger partial charge in [0.15, 0.2) is 0 Å². The second-order valence-electron chi connectivity index (χ2n) is 13.7. The summed E-state index contributed by atoms with van der Waals surface area (Å²) >= 11 is 0. The molecule has 9 aromatic carbocycles. The van der Waals surface area contributed by atoms with Gasteiger partial charge in [0, 0.05) is 32.9 Å². The zero-order valence-electron chi connectivity index (χ0n) is 28.7. The molecule has 0 bridgehead atoms. The Morgan fingerprint density at radius 1 is 0.340 bits per heavy atom. The van der Waals surface area contributed by atoms with Crippen molar-refractivity contribution < 1.29 is 8.83 Å². The van der Waals surface area contributed by atoms with Gasteiger partial charge >= 0.3 is 0 Å². The quantitative estimate of drug-likeness (QED) is 0.182.